The molecule has 2 nitrogen and oxygen atoms in total. The van der Waals surface area contributed by atoms with Gasteiger partial charge >= 0.3 is 0 Å². The van der Waals surface area contributed by atoms with Crippen LogP contribution in [0.1, 0.15) is 66.7 Å². The minimum absolute atomic E-state index is 0.348. The van der Waals surface area contributed by atoms with Crippen LogP contribution in [0, 0.1) is 5.41 Å². The van der Waals surface area contributed by atoms with Crippen molar-refractivity contribution < 1.29 is 0 Å². The molecule has 18 heavy (non-hydrogen) atoms. The molecule has 1 unspecified atom stereocenters. The minimum Gasteiger partial charge on any atom is -0.312 e. The maximum absolute atomic E-state index is 3.76. The van der Waals surface area contributed by atoms with E-state index in [1.165, 1.54) is 45.2 Å². The van der Waals surface area contributed by atoms with Gasteiger partial charge < -0.3 is 5.32 Å². The highest BCUT2D eigenvalue weighted by Gasteiger charge is 2.29. The van der Waals surface area contributed by atoms with Gasteiger partial charge in [0.2, 0.25) is 0 Å². The summed E-state index contributed by atoms with van der Waals surface area (Å²) in [5, 5.41) is 3.76. The average molecular weight is 254 g/mol. The van der Waals surface area contributed by atoms with Crippen molar-refractivity contribution in [3.05, 3.63) is 0 Å². The fraction of sp³-hybridized carbons (Fsp3) is 1.00. The quantitative estimate of drug-likeness (QED) is 0.746. The lowest BCUT2D eigenvalue weighted by molar-refractivity contribution is 0.140. The van der Waals surface area contributed by atoms with Crippen molar-refractivity contribution >= 4 is 0 Å². The minimum atomic E-state index is 0.348. The van der Waals surface area contributed by atoms with Gasteiger partial charge in [-0.25, -0.2) is 0 Å². The average Bonchev–Trinajstić information content (AvgIpc) is 2.81. The summed E-state index contributed by atoms with van der Waals surface area (Å²) in [6.07, 6.45) is 6.92. The van der Waals surface area contributed by atoms with Crippen LogP contribution in [-0.2, 0) is 0 Å². The summed E-state index contributed by atoms with van der Waals surface area (Å²) in [5.74, 6) is 0. The van der Waals surface area contributed by atoms with Gasteiger partial charge in [-0.2, -0.15) is 0 Å². The summed E-state index contributed by atoms with van der Waals surface area (Å²) in [5.41, 5.74) is 0.348. The number of rotatable bonds is 7. The first-order valence-corrected chi connectivity index (χ1v) is 7.96. The van der Waals surface area contributed by atoms with Gasteiger partial charge in [-0.1, -0.05) is 47.5 Å². The molecule has 0 aromatic heterocycles. The predicted molar refractivity (Wildman–Crippen MR) is 81.0 cm³/mol. The highest BCUT2D eigenvalue weighted by Crippen LogP contribution is 2.26. The van der Waals surface area contributed by atoms with Crippen molar-refractivity contribution in [3.8, 4) is 0 Å². The van der Waals surface area contributed by atoms with Crippen LogP contribution >= 0.6 is 0 Å². The maximum Gasteiger partial charge on any atom is 0.0243 e. The summed E-state index contributed by atoms with van der Waals surface area (Å²) in [7, 11) is 0. The number of hydrogen-bond acceptors (Lipinski definition) is 2. The van der Waals surface area contributed by atoms with Crippen molar-refractivity contribution in [2.75, 3.05) is 19.6 Å². The van der Waals surface area contributed by atoms with E-state index in [1.54, 1.807) is 0 Å². The van der Waals surface area contributed by atoms with Crippen molar-refractivity contribution in [2.24, 2.45) is 5.41 Å². The molecule has 1 fully saturated rings. The van der Waals surface area contributed by atoms with Gasteiger partial charge in [0, 0.05) is 18.6 Å². The Morgan fingerprint density at radius 3 is 2.22 bits per heavy atom. The molecule has 0 aromatic rings. The zero-order valence-corrected chi connectivity index (χ0v) is 13.3. The molecule has 2 heteroatoms. The van der Waals surface area contributed by atoms with Gasteiger partial charge in [0.25, 0.3) is 0 Å². The fourth-order valence-corrected chi connectivity index (χ4v) is 3.00. The highest BCUT2D eigenvalue weighted by atomic mass is 15.2. The summed E-state index contributed by atoms with van der Waals surface area (Å²) in [6.45, 7) is 15.2. The Balaban J connectivity index is 2.55. The molecular formula is C16H34N2. The summed E-state index contributed by atoms with van der Waals surface area (Å²) < 4.78 is 0. The molecule has 1 N–H and O–H groups in total. The van der Waals surface area contributed by atoms with E-state index in [-0.39, 0.29) is 0 Å². The van der Waals surface area contributed by atoms with Crippen molar-refractivity contribution in [1.29, 1.82) is 0 Å². The van der Waals surface area contributed by atoms with Crippen LogP contribution in [0.25, 0.3) is 0 Å². The molecule has 0 aromatic carbocycles. The van der Waals surface area contributed by atoms with E-state index in [0.29, 0.717) is 11.5 Å². The van der Waals surface area contributed by atoms with E-state index in [1.807, 2.05) is 0 Å². The summed E-state index contributed by atoms with van der Waals surface area (Å²) in [4.78, 5) is 2.71. The monoisotopic (exact) mass is 254 g/mol. The van der Waals surface area contributed by atoms with Crippen molar-refractivity contribution in [1.82, 2.24) is 10.2 Å². The van der Waals surface area contributed by atoms with Crippen LogP contribution in [0.15, 0.2) is 0 Å². The second-order valence-electron chi connectivity index (χ2n) is 6.90. The van der Waals surface area contributed by atoms with Gasteiger partial charge in [-0.15, -0.1) is 0 Å². The van der Waals surface area contributed by atoms with Gasteiger partial charge in [-0.05, 0) is 37.8 Å². The molecule has 108 valence electrons. The first kappa shape index (κ1) is 16.0. The Hall–Kier alpha value is -0.0800. The van der Waals surface area contributed by atoms with Gasteiger partial charge in [0.1, 0.15) is 0 Å². The Kier molecular flexibility index (Phi) is 6.65. The van der Waals surface area contributed by atoms with Crippen LogP contribution in [0.4, 0.5) is 0 Å². The second-order valence-corrected chi connectivity index (χ2v) is 6.90. The normalized spacial score (nSPS) is 19.7. The molecule has 0 bridgehead atoms. The molecule has 1 saturated carbocycles. The van der Waals surface area contributed by atoms with Crippen molar-refractivity contribution in [2.45, 2.75) is 78.8 Å². The van der Waals surface area contributed by atoms with E-state index in [0.717, 1.165) is 12.6 Å². The molecule has 0 spiro atoms. The number of nitrogens with zero attached hydrogens (tertiary/aromatic N) is 1. The molecule has 1 atom stereocenters. The Morgan fingerprint density at radius 2 is 1.78 bits per heavy atom. The number of hydrogen-bond donors (Lipinski definition) is 1. The zero-order chi connectivity index (χ0) is 13.6. The highest BCUT2D eigenvalue weighted by molar-refractivity contribution is 4.86. The first-order valence-electron chi connectivity index (χ1n) is 7.96. The van der Waals surface area contributed by atoms with Crippen molar-refractivity contribution in [3.63, 3.8) is 0 Å². The van der Waals surface area contributed by atoms with Crippen LogP contribution in [0.3, 0.4) is 0 Å². The smallest absolute Gasteiger partial charge is 0.0243 e. The molecular weight excluding hydrogens is 220 g/mol. The third-order valence-electron chi connectivity index (χ3n) is 4.35. The van der Waals surface area contributed by atoms with E-state index in [9.17, 15) is 0 Å². The summed E-state index contributed by atoms with van der Waals surface area (Å²) >= 11 is 0. The van der Waals surface area contributed by atoms with Gasteiger partial charge in [0.05, 0.1) is 0 Å². The molecule has 1 aliphatic rings. The lowest BCUT2D eigenvalue weighted by Crippen LogP contribution is -2.50. The first-order chi connectivity index (χ1) is 8.49. The second kappa shape index (κ2) is 7.49. The Bertz CT molecular complexity index is 214. The number of nitrogens with one attached hydrogen (secondary N) is 1. The third-order valence-corrected chi connectivity index (χ3v) is 4.35. The largest absolute Gasteiger partial charge is 0.312 e. The van der Waals surface area contributed by atoms with Crippen LogP contribution in [0.5, 0.6) is 0 Å². The third kappa shape index (κ3) is 4.89. The Labute approximate surface area is 115 Å². The topological polar surface area (TPSA) is 15.3 Å². The van der Waals surface area contributed by atoms with Crippen LogP contribution < -0.4 is 5.32 Å². The fourth-order valence-electron chi connectivity index (χ4n) is 3.00. The van der Waals surface area contributed by atoms with Crippen LogP contribution in [-0.4, -0.2) is 36.6 Å². The lowest BCUT2D eigenvalue weighted by Gasteiger charge is -2.38. The molecule has 0 amide bonds. The van der Waals surface area contributed by atoms with E-state index >= 15 is 0 Å². The van der Waals surface area contributed by atoms with E-state index in [4.69, 9.17) is 0 Å². The molecule has 0 aliphatic heterocycles. The standard InChI is InChI=1S/C16H34N2/c1-6-12-17-15(16(3,4)5)13-18(7-2)14-10-8-9-11-14/h14-15,17H,6-13H2,1-5H3. The molecule has 1 aliphatic carbocycles. The Morgan fingerprint density at radius 1 is 1.17 bits per heavy atom. The molecule has 0 heterocycles. The SMILES string of the molecule is CCCNC(CN(CC)C1CCCC1)C(C)(C)C. The van der Waals surface area contributed by atoms with Gasteiger partial charge in [-0.3, -0.25) is 4.90 Å². The molecule has 1 rings (SSSR count). The maximum atomic E-state index is 3.76. The van der Waals surface area contributed by atoms with Crippen LogP contribution in [0.2, 0.25) is 0 Å². The van der Waals surface area contributed by atoms with E-state index in [2.05, 4.69) is 44.8 Å². The number of likely N-dealkylation sites (N-methyl/N-ethyl adjacent to an activating group) is 1. The molecule has 0 saturated heterocycles. The predicted octanol–water partition coefficient (Wildman–Crippen LogP) is 3.67. The van der Waals surface area contributed by atoms with E-state index < -0.39 is 0 Å². The van der Waals surface area contributed by atoms with Gasteiger partial charge in [0.15, 0.2) is 0 Å². The zero-order valence-electron chi connectivity index (χ0n) is 13.3. The summed E-state index contributed by atoms with van der Waals surface area (Å²) in [6, 6.07) is 1.46. The molecule has 0 radical (unpaired) electrons. The lowest BCUT2D eigenvalue weighted by atomic mass is 9.86.